The molecule has 0 spiro atoms. The van der Waals surface area contributed by atoms with E-state index in [-0.39, 0.29) is 15.6 Å². The fraction of sp³-hybridized carbons (Fsp3) is 0.0714. The van der Waals surface area contributed by atoms with Gasteiger partial charge < -0.3 is 4.57 Å². The lowest BCUT2D eigenvalue weighted by Gasteiger charge is -2.01. The minimum absolute atomic E-state index is 0.0468. The van der Waals surface area contributed by atoms with E-state index in [4.69, 9.17) is 11.6 Å². The standard InChI is InChI=1S/C14H10ClFN2O2S3/c1-2-8-18-13-9(16)4-3-5-10(13)21-14(18)17-23(19,20)12-7-6-11(15)22-12/h2-7H,1,8H2. The minimum Gasteiger partial charge on any atom is -0.309 e. The molecule has 2 heterocycles. The van der Waals surface area contributed by atoms with Gasteiger partial charge >= 0.3 is 0 Å². The number of halogens is 2. The number of hydrogen-bond acceptors (Lipinski definition) is 4. The molecule has 4 nitrogen and oxygen atoms in total. The second kappa shape index (κ2) is 6.20. The Balaban J connectivity index is 2.29. The molecule has 0 aliphatic heterocycles. The van der Waals surface area contributed by atoms with Gasteiger partial charge in [0.2, 0.25) is 4.80 Å². The van der Waals surface area contributed by atoms with Gasteiger partial charge in [-0.2, -0.15) is 8.42 Å². The van der Waals surface area contributed by atoms with E-state index in [1.54, 1.807) is 18.2 Å². The number of aromatic nitrogens is 1. The molecule has 120 valence electrons. The Bertz CT molecular complexity index is 1060. The predicted molar refractivity (Wildman–Crippen MR) is 92.0 cm³/mol. The molecule has 2 aromatic heterocycles. The van der Waals surface area contributed by atoms with Crippen LogP contribution in [0.5, 0.6) is 0 Å². The number of para-hydroxylation sites is 1. The smallest absolute Gasteiger partial charge is 0.294 e. The Labute approximate surface area is 144 Å². The van der Waals surface area contributed by atoms with Gasteiger partial charge in [0.15, 0.2) is 0 Å². The van der Waals surface area contributed by atoms with Crippen molar-refractivity contribution in [2.75, 3.05) is 0 Å². The maximum Gasteiger partial charge on any atom is 0.294 e. The molecule has 3 rings (SSSR count). The highest BCUT2D eigenvalue weighted by Gasteiger charge is 2.17. The van der Waals surface area contributed by atoms with E-state index in [1.807, 2.05) is 0 Å². The molecular weight excluding hydrogens is 379 g/mol. The first kappa shape index (κ1) is 16.4. The summed E-state index contributed by atoms with van der Waals surface area (Å²) in [6.07, 6.45) is 1.56. The second-order valence-corrected chi connectivity index (χ2v) is 9.05. The quantitative estimate of drug-likeness (QED) is 0.633. The van der Waals surface area contributed by atoms with Crippen LogP contribution in [-0.2, 0) is 16.6 Å². The van der Waals surface area contributed by atoms with E-state index in [9.17, 15) is 12.8 Å². The summed E-state index contributed by atoms with van der Waals surface area (Å²) in [6, 6.07) is 7.51. The summed E-state index contributed by atoms with van der Waals surface area (Å²) in [5, 5.41) is 0. The molecular formula is C14H10ClFN2O2S3. The molecule has 3 aromatic rings. The lowest BCUT2D eigenvalue weighted by atomic mass is 10.3. The van der Waals surface area contributed by atoms with Crippen LogP contribution < -0.4 is 4.80 Å². The number of rotatable bonds is 4. The first-order chi connectivity index (χ1) is 10.9. The highest BCUT2D eigenvalue weighted by molar-refractivity contribution is 7.92. The Kier molecular flexibility index (Phi) is 4.41. The van der Waals surface area contributed by atoms with Gasteiger partial charge in [0.05, 0.1) is 14.6 Å². The van der Waals surface area contributed by atoms with Crippen molar-refractivity contribution in [2.45, 2.75) is 10.8 Å². The van der Waals surface area contributed by atoms with Gasteiger partial charge in [-0.25, -0.2) is 4.39 Å². The fourth-order valence-electron chi connectivity index (χ4n) is 2.04. The number of nitrogens with zero attached hydrogens (tertiary/aromatic N) is 2. The summed E-state index contributed by atoms with van der Waals surface area (Å²) in [7, 11) is -3.90. The van der Waals surface area contributed by atoms with Gasteiger partial charge in [0.1, 0.15) is 10.0 Å². The van der Waals surface area contributed by atoms with Crippen LogP contribution in [0, 0.1) is 5.82 Å². The topological polar surface area (TPSA) is 51.4 Å². The Morgan fingerprint density at radius 1 is 1.30 bits per heavy atom. The molecule has 0 amide bonds. The SMILES string of the molecule is C=CCn1c(=NS(=O)(=O)c2ccc(Cl)s2)sc2cccc(F)c21. The molecule has 0 fully saturated rings. The third-order valence-corrected chi connectivity index (χ3v) is 7.09. The zero-order valence-corrected chi connectivity index (χ0v) is 14.8. The molecule has 0 aliphatic carbocycles. The average Bonchev–Trinajstić information content (AvgIpc) is 3.05. The maximum atomic E-state index is 14.1. The van der Waals surface area contributed by atoms with Crippen molar-refractivity contribution in [3.63, 3.8) is 0 Å². The van der Waals surface area contributed by atoms with Crippen LogP contribution in [0.15, 0.2) is 51.6 Å². The van der Waals surface area contributed by atoms with Crippen molar-refractivity contribution in [1.29, 1.82) is 0 Å². The van der Waals surface area contributed by atoms with E-state index in [2.05, 4.69) is 11.0 Å². The molecule has 0 saturated carbocycles. The number of benzene rings is 1. The largest absolute Gasteiger partial charge is 0.309 e. The van der Waals surface area contributed by atoms with Crippen molar-refractivity contribution < 1.29 is 12.8 Å². The zero-order valence-electron chi connectivity index (χ0n) is 11.6. The van der Waals surface area contributed by atoms with Crippen LogP contribution in [0.25, 0.3) is 10.2 Å². The Hall–Kier alpha value is -1.48. The summed E-state index contributed by atoms with van der Waals surface area (Å²) >= 11 is 7.82. The van der Waals surface area contributed by atoms with Gasteiger partial charge in [0, 0.05) is 6.54 Å². The van der Waals surface area contributed by atoms with Crippen molar-refractivity contribution >= 4 is 54.5 Å². The van der Waals surface area contributed by atoms with Crippen LogP contribution in [-0.4, -0.2) is 13.0 Å². The minimum atomic E-state index is -3.90. The molecule has 23 heavy (non-hydrogen) atoms. The van der Waals surface area contributed by atoms with Gasteiger partial charge in [0.25, 0.3) is 10.0 Å². The van der Waals surface area contributed by atoms with Crippen molar-refractivity contribution in [1.82, 2.24) is 4.57 Å². The molecule has 0 saturated heterocycles. The normalized spacial score (nSPS) is 12.9. The van der Waals surface area contributed by atoms with Crippen LogP contribution in [0.2, 0.25) is 4.34 Å². The molecule has 0 unspecified atom stereocenters. The maximum absolute atomic E-state index is 14.1. The van der Waals surface area contributed by atoms with Gasteiger partial charge in [-0.15, -0.1) is 22.3 Å². The first-order valence-electron chi connectivity index (χ1n) is 6.37. The first-order valence-corrected chi connectivity index (χ1v) is 9.82. The summed E-state index contributed by atoms with van der Waals surface area (Å²) in [6.45, 7) is 3.88. The lowest BCUT2D eigenvalue weighted by molar-refractivity contribution is 0.597. The van der Waals surface area contributed by atoms with Crippen LogP contribution in [0.4, 0.5) is 4.39 Å². The van der Waals surface area contributed by atoms with Crippen molar-refractivity contribution in [3.8, 4) is 0 Å². The van der Waals surface area contributed by atoms with E-state index in [1.165, 1.54) is 22.8 Å². The third-order valence-electron chi connectivity index (χ3n) is 2.96. The van der Waals surface area contributed by atoms with E-state index >= 15 is 0 Å². The van der Waals surface area contributed by atoms with Gasteiger partial charge in [-0.05, 0) is 24.3 Å². The highest BCUT2D eigenvalue weighted by Crippen LogP contribution is 2.27. The van der Waals surface area contributed by atoms with Crippen molar-refractivity contribution in [3.05, 3.63) is 57.9 Å². The van der Waals surface area contributed by atoms with Crippen molar-refractivity contribution in [2.24, 2.45) is 4.40 Å². The van der Waals surface area contributed by atoms with Crippen LogP contribution in [0.1, 0.15) is 0 Å². The predicted octanol–water partition coefficient (Wildman–Crippen LogP) is 4.03. The number of hydrogen-bond donors (Lipinski definition) is 0. The number of thiazole rings is 1. The van der Waals surface area contributed by atoms with E-state index < -0.39 is 15.8 Å². The molecule has 0 N–H and O–H groups in total. The zero-order chi connectivity index (χ0) is 16.6. The summed E-state index contributed by atoms with van der Waals surface area (Å²) in [5.74, 6) is -0.432. The van der Waals surface area contributed by atoms with E-state index in [0.717, 1.165) is 22.7 Å². The molecule has 0 atom stereocenters. The average molecular weight is 389 g/mol. The summed E-state index contributed by atoms with van der Waals surface area (Å²) in [5.41, 5.74) is 0.315. The van der Waals surface area contributed by atoms with Gasteiger partial charge in [-0.3, -0.25) is 0 Å². The monoisotopic (exact) mass is 388 g/mol. The highest BCUT2D eigenvalue weighted by atomic mass is 35.5. The molecule has 0 aliphatic rings. The third kappa shape index (κ3) is 3.12. The lowest BCUT2D eigenvalue weighted by Crippen LogP contribution is -2.16. The Morgan fingerprint density at radius 2 is 2.09 bits per heavy atom. The second-order valence-electron chi connectivity index (χ2n) is 4.50. The fourth-order valence-corrected chi connectivity index (χ4v) is 5.76. The molecule has 0 bridgehead atoms. The molecule has 0 radical (unpaired) electrons. The molecule has 9 heteroatoms. The number of fused-ring (bicyclic) bond motifs is 1. The number of sulfonamides is 1. The Morgan fingerprint density at radius 3 is 2.74 bits per heavy atom. The summed E-state index contributed by atoms with van der Waals surface area (Å²) < 4.78 is 45.3. The molecule has 1 aromatic carbocycles. The van der Waals surface area contributed by atoms with E-state index in [0.29, 0.717) is 14.6 Å². The van der Waals surface area contributed by atoms with Crippen LogP contribution >= 0.6 is 34.3 Å². The summed E-state index contributed by atoms with van der Waals surface area (Å²) in [4.78, 5) is 0.189. The van der Waals surface area contributed by atoms with Crippen LogP contribution in [0.3, 0.4) is 0 Å². The number of thiophene rings is 1. The number of allylic oxidation sites excluding steroid dienone is 1. The van der Waals surface area contributed by atoms with Gasteiger partial charge in [-0.1, -0.05) is 35.1 Å².